The van der Waals surface area contributed by atoms with E-state index in [2.05, 4.69) is 0 Å². The van der Waals surface area contributed by atoms with Crippen molar-refractivity contribution >= 4 is 18.0 Å². The van der Waals surface area contributed by atoms with E-state index >= 15 is 0 Å². The molecule has 0 radical (unpaired) electrons. The summed E-state index contributed by atoms with van der Waals surface area (Å²) in [5.41, 5.74) is 6.27. The molecule has 1 saturated heterocycles. The van der Waals surface area contributed by atoms with Gasteiger partial charge in [0.1, 0.15) is 11.2 Å². The van der Waals surface area contributed by atoms with E-state index in [1.165, 1.54) is 4.90 Å². The van der Waals surface area contributed by atoms with Crippen molar-refractivity contribution in [3.63, 3.8) is 0 Å². The molecule has 1 amide bonds. The summed E-state index contributed by atoms with van der Waals surface area (Å²) in [5, 5.41) is 9.94. The molecular formula is C24H36N2O7. The maximum Gasteiger partial charge on any atom is 0.413 e. The Kier molecular flexibility index (Phi) is 8.48. The largest absolute Gasteiger partial charge is 0.460 e. The number of β-amino-alcohol motifs (C(OH)–C–C–N with tert-alkyl or cyclic N) is 1. The maximum atomic E-state index is 12.5. The Morgan fingerprint density at radius 2 is 1.61 bits per heavy atom. The first-order chi connectivity index (χ1) is 15.1. The van der Waals surface area contributed by atoms with Crippen molar-refractivity contribution in [3.05, 3.63) is 35.4 Å². The van der Waals surface area contributed by atoms with Gasteiger partial charge in [-0.15, -0.1) is 0 Å². The Hall–Kier alpha value is -2.65. The normalized spacial score (nSPS) is 19.7. The summed E-state index contributed by atoms with van der Waals surface area (Å²) in [7, 11) is 0. The molecular weight excluding hydrogens is 428 g/mol. The highest BCUT2D eigenvalue weighted by Crippen LogP contribution is 2.23. The number of nitrogens with zero attached hydrogens (tertiary/aromatic N) is 1. The Balaban J connectivity index is 1.92. The van der Waals surface area contributed by atoms with Gasteiger partial charge >= 0.3 is 18.0 Å². The van der Waals surface area contributed by atoms with Crippen LogP contribution in [0.5, 0.6) is 0 Å². The molecule has 9 nitrogen and oxygen atoms in total. The lowest BCUT2D eigenvalue weighted by molar-refractivity contribution is -0.156. The molecule has 3 atom stereocenters. The number of carbonyl (C=O) groups excluding carboxylic acids is 3. The molecule has 1 aliphatic rings. The Morgan fingerprint density at radius 3 is 2.15 bits per heavy atom. The third-order valence-electron chi connectivity index (χ3n) is 4.69. The third kappa shape index (κ3) is 9.01. The lowest BCUT2D eigenvalue weighted by Gasteiger charge is -2.28. The minimum Gasteiger partial charge on any atom is -0.460 e. The molecule has 1 heterocycles. The highest BCUT2D eigenvalue weighted by atomic mass is 16.6. The van der Waals surface area contributed by atoms with Crippen molar-refractivity contribution in [2.45, 2.75) is 90.4 Å². The first-order valence-corrected chi connectivity index (χ1v) is 11.1. The molecule has 33 heavy (non-hydrogen) atoms. The zero-order valence-corrected chi connectivity index (χ0v) is 20.3. The second kappa shape index (κ2) is 10.5. The number of rotatable bonds is 6. The lowest BCUT2D eigenvalue weighted by Crippen LogP contribution is -2.42. The fraction of sp³-hybridized carbons (Fsp3) is 0.625. The van der Waals surface area contributed by atoms with Crippen LogP contribution in [0.25, 0.3) is 0 Å². The molecule has 1 aromatic carbocycles. The second-order valence-corrected chi connectivity index (χ2v) is 10.3. The molecule has 2 rings (SSSR count). The van der Waals surface area contributed by atoms with Crippen LogP contribution in [0.3, 0.4) is 0 Å². The van der Waals surface area contributed by atoms with Gasteiger partial charge in [0, 0.05) is 12.5 Å². The molecule has 0 aromatic heterocycles. The minimum atomic E-state index is -0.885. The number of carbonyl (C=O) groups is 3. The smallest absolute Gasteiger partial charge is 0.413 e. The second-order valence-electron chi connectivity index (χ2n) is 10.3. The average Bonchev–Trinajstić information content (AvgIpc) is 2.99. The molecule has 184 valence electrons. The molecule has 0 spiro atoms. The third-order valence-corrected chi connectivity index (χ3v) is 4.69. The monoisotopic (exact) mass is 464 g/mol. The van der Waals surface area contributed by atoms with Gasteiger partial charge in [0.15, 0.2) is 6.23 Å². The first-order valence-electron chi connectivity index (χ1n) is 11.1. The summed E-state index contributed by atoms with van der Waals surface area (Å²) in [4.78, 5) is 38.0. The first kappa shape index (κ1) is 26.6. The van der Waals surface area contributed by atoms with Gasteiger partial charge in [0.2, 0.25) is 0 Å². The van der Waals surface area contributed by atoms with Gasteiger partial charge < -0.3 is 25.1 Å². The topological polar surface area (TPSA) is 128 Å². The van der Waals surface area contributed by atoms with Gasteiger partial charge in [-0.1, -0.05) is 24.3 Å². The van der Waals surface area contributed by atoms with Crippen LogP contribution < -0.4 is 5.73 Å². The molecule has 0 unspecified atom stereocenters. The van der Waals surface area contributed by atoms with Crippen molar-refractivity contribution in [1.82, 2.24) is 4.90 Å². The number of likely N-dealkylation sites (tertiary alicyclic amines) is 1. The van der Waals surface area contributed by atoms with Crippen LogP contribution in [0.4, 0.5) is 4.79 Å². The predicted octanol–water partition coefficient (Wildman–Crippen LogP) is 2.83. The summed E-state index contributed by atoms with van der Waals surface area (Å²) < 4.78 is 16.1. The highest BCUT2D eigenvalue weighted by Gasteiger charge is 2.39. The zero-order valence-electron chi connectivity index (χ0n) is 20.3. The molecule has 9 heteroatoms. The molecule has 3 N–H and O–H groups in total. The van der Waals surface area contributed by atoms with E-state index in [0.29, 0.717) is 5.56 Å². The number of hydrogen-bond acceptors (Lipinski definition) is 8. The van der Waals surface area contributed by atoms with Gasteiger partial charge in [0.25, 0.3) is 0 Å². The molecule has 0 aliphatic carbocycles. The van der Waals surface area contributed by atoms with Crippen LogP contribution in [-0.2, 0) is 30.2 Å². The molecule has 1 fully saturated rings. The molecule has 1 aromatic rings. The Bertz CT molecular complexity index is 840. The standard InChI is InChI=1S/C24H36N2O7/c1-23(2,3)32-21(29)13-18(25)16-9-7-15(8-10-16)11-20(28)31-19-12-17(27)14-26(19)22(30)33-24(4,5)6/h7-10,17-19,27H,11-14,25H2,1-6H3/t17-,18-,19-/m1/s1. The van der Waals surface area contributed by atoms with Crippen molar-refractivity contribution in [3.8, 4) is 0 Å². The van der Waals surface area contributed by atoms with Gasteiger partial charge in [-0.25, -0.2) is 4.79 Å². The fourth-order valence-corrected chi connectivity index (χ4v) is 3.33. The zero-order chi connectivity index (χ0) is 25.0. The van der Waals surface area contributed by atoms with Crippen LogP contribution in [0.1, 0.15) is 71.6 Å². The number of esters is 2. The summed E-state index contributed by atoms with van der Waals surface area (Å²) >= 11 is 0. The average molecular weight is 465 g/mol. The van der Waals surface area contributed by atoms with Gasteiger partial charge in [-0.3, -0.25) is 14.5 Å². The summed E-state index contributed by atoms with van der Waals surface area (Å²) in [6, 6.07) is 6.46. The Morgan fingerprint density at radius 1 is 1.03 bits per heavy atom. The maximum absolute atomic E-state index is 12.5. The quantitative estimate of drug-likeness (QED) is 0.486. The summed E-state index contributed by atoms with van der Waals surface area (Å²) in [6.45, 7) is 10.6. The number of ether oxygens (including phenoxy) is 3. The van der Waals surface area contributed by atoms with Crippen molar-refractivity contribution in [2.24, 2.45) is 5.73 Å². The van der Waals surface area contributed by atoms with Gasteiger partial charge in [-0.05, 0) is 52.7 Å². The number of benzene rings is 1. The molecule has 0 bridgehead atoms. The van der Waals surface area contributed by atoms with E-state index in [1.807, 2.05) is 0 Å². The van der Waals surface area contributed by atoms with Crippen LogP contribution in [0.15, 0.2) is 24.3 Å². The highest BCUT2D eigenvalue weighted by molar-refractivity contribution is 5.74. The minimum absolute atomic E-state index is 0.0175. The fourth-order valence-electron chi connectivity index (χ4n) is 3.33. The number of aliphatic hydroxyl groups is 1. The van der Waals surface area contributed by atoms with E-state index in [1.54, 1.807) is 65.8 Å². The number of hydrogen-bond donors (Lipinski definition) is 2. The summed E-state index contributed by atoms with van der Waals surface area (Å²) in [6.07, 6.45) is -2.16. The summed E-state index contributed by atoms with van der Waals surface area (Å²) in [5.74, 6) is -0.913. The lowest BCUT2D eigenvalue weighted by atomic mass is 10.0. The van der Waals surface area contributed by atoms with Crippen LogP contribution in [-0.4, -0.2) is 58.1 Å². The van der Waals surface area contributed by atoms with Crippen molar-refractivity contribution in [2.75, 3.05) is 6.54 Å². The van der Waals surface area contributed by atoms with Gasteiger partial charge in [0.05, 0.1) is 25.5 Å². The SMILES string of the molecule is CC(C)(C)OC(=O)C[C@@H](N)c1ccc(CC(=O)O[C@@H]2C[C@@H](O)CN2C(=O)OC(C)(C)C)cc1. The van der Waals surface area contributed by atoms with E-state index in [0.717, 1.165) is 5.56 Å². The van der Waals surface area contributed by atoms with Crippen molar-refractivity contribution in [1.29, 1.82) is 0 Å². The van der Waals surface area contributed by atoms with E-state index in [4.69, 9.17) is 19.9 Å². The van der Waals surface area contributed by atoms with Gasteiger partial charge in [-0.2, -0.15) is 0 Å². The van der Waals surface area contributed by atoms with Crippen LogP contribution in [0.2, 0.25) is 0 Å². The number of nitrogens with two attached hydrogens (primary N) is 1. The number of amides is 1. The predicted molar refractivity (Wildman–Crippen MR) is 121 cm³/mol. The van der Waals surface area contributed by atoms with E-state index in [9.17, 15) is 19.5 Å². The molecule has 1 aliphatic heterocycles. The van der Waals surface area contributed by atoms with E-state index in [-0.39, 0.29) is 31.8 Å². The van der Waals surface area contributed by atoms with Crippen LogP contribution in [0, 0.1) is 0 Å². The molecule has 0 saturated carbocycles. The number of aliphatic hydroxyl groups excluding tert-OH is 1. The van der Waals surface area contributed by atoms with E-state index < -0.39 is 41.6 Å². The van der Waals surface area contributed by atoms with Crippen molar-refractivity contribution < 1.29 is 33.7 Å². The Labute approximate surface area is 195 Å². The van der Waals surface area contributed by atoms with Crippen LogP contribution >= 0.6 is 0 Å².